The van der Waals surface area contributed by atoms with Crippen LogP contribution in [0.25, 0.3) is 0 Å². The fourth-order valence-electron chi connectivity index (χ4n) is 1.88. The highest BCUT2D eigenvalue weighted by Crippen LogP contribution is 2.31. The number of aromatic nitrogens is 2. The van der Waals surface area contributed by atoms with Crippen molar-refractivity contribution in [1.29, 1.82) is 0 Å². The predicted molar refractivity (Wildman–Crippen MR) is 72.2 cm³/mol. The number of alkyl halides is 6. The van der Waals surface area contributed by atoms with Crippen molar-refractivity contribution in [3.63, 3.8) is 0 Å². The monoisotopic (exact) mass is 351 g/mol. The Kier molecular flexibility index (Phi) is 4.86. The molecule has 0 aliphatic heterocycles. The molecule has 130 valence electrons. The Hall–Kier alpha value is -2.52. The second-order valence-corrected chi connectivity index (χ2v) is 4.70. The summed E-state index contributed by atoms with van der Waals surface area (Å²) >= 11 is 0. The predicted octanol–water partition coefficient (Wildman–Crippen LogP) is 4.31. The largest absolute Gasteiger partial charge is 0.573 e. The van der Waals surface area contributed by atoms with Crippen LogP contribution in [0.5, 0.6) is 5.75 Å². The first-order valence-corrected chi connectivity index (χ1v) is 6.54. The zero-order valence-corrected chi connectivity index (χ0v) is 12.2. The fourth-order valence-corrected chi connectivity index (χ4v) is 1.88. The molecule has 0 spiro atoms. The van der Waals surface area contributed by atoms with Crippen LogP contribution in [0.3, 0.4) is 0 Å². The molecule has 24 heavy (non-hydrogen) atoms. The van der Waals surface area contributed by atoms with E-state index in [1.807, 2.05) is 0 Å². The van der Waals surface area contributed by atoms with E-state index in [0.717, 1.165) is 13.0 Å². The fraction of sp³-hybridized carbons (Fsp3) is 0.286. The van der Waals surface area contributed by atoms with E-state index >= 15 is 0 Å². The minimum atomic E-state index is -4.85. The highest BCUT2D eigenvalue weighted by Gasteiger charge is 2.34. The first-order valence-electron chi connectivity index (χ1n) is 6.54. The second kappa shape index (κ2) is 6.54. The Morgan fingerprint density at radius 3 is 2.33 bits per heavy atom. The van der Waals surface area contributed by atoms with Crippen LogP contribution >= 0.6 is 0 Å². The van der Waals surface area contributed by atoms with Crippen LogP contribution in [-0.4, -0.2) is 16.3 Å². The van der Waals surface area contributed by atoms with Gasteiger partial charge in [-0.05, 0) is 13.0 Å². The summed E-state index contributed by atoms with van der Waals surface area (Å²) in [7, 11) is 0. The number of rotatable bonds is 4. The number of aryl methyl sites for hydroxylation is 1. The van der Waals surface area contributed by atoms with Gasteiger partial charge in [-0.2, -0.15) is 13.2 Å². The highest BCUT2D eigenvalue weighted by atomic mass is 19.4. The van der Waals surface area contributed by atoms with Crippen molar-refractivity contribution < 1.29 is 31.1 Å². The van der Waals surface area contributed by atoms with Crippen molar-refractivity contribution >= 4 is 5.95 Å². The maximum absolute atomic E-state index is 12.6. The summed E-state index contributed by atoms with van der Waals surface area (Å²) < 4.78 is 78.7. The van der Waals surface area contributed by atoms with Crippen LogP contribution in [0.1, 0.15) is 16.8 Å². The Bertz CT molecular complexity index is 714. The van der Waals surface area contributed by atoms with Gasteiger partial charge in [0.2, 0.25) is 5.95 Å². The van der Waals surface area contributed by atoms with Crippen LogP contribution in [0, 0.1) is 6.92 Å². The molecule has 0 saturated carbocycles. The van der Waals surface area contributed by atoms with Gasteiger partial charge < -0.3 is 10.1 Å². The molecule has 0 saturated heterocycles. The van der Waals surface area contributed by atoms with Gasteiger partial charge in [0.05, 0.1) is 11.3 Å². The average molecular weight is 351 g/mol. The van der Waals surface area contributed by atoms with Crippen molar-refractivity contribution in [2.75, 3.05) is 5.32 Å². The molecule has 0 aliphatic carbocycles. The van der Waals surface area contributed by atoms with Crippen LogP contribution in [0.2, 0.25) is 0 Å². The number of para-hydroxylation sites is 1. The lowest BCUT2D eigenvalue weighted by Crippen LogP contribution is -2.18. The summed E-state index contributed by atoms with van der Waals surface area (Å²) in [6.45, 7) is 1.01. The number of hydrogen-bond acceptors (Lipinski definition) is 4. The van der Waals surface area contributed by atoms with Gasteiger partial charge in [0.15, 0.2) is 0 Å². The zero-order chi connectivity index (χ0) is 18.0. The van der Waals surface area contributed by atoms with Gasteiger partial charge in [-0.1, -0.05) is 18.2 Å². The number of nitrogens with one attached hydrogen (secondary N) is 1. The third-order valence-corrected chi connectivity index (χ3v) is 2.92. The molecule has 1 aromatic heterocycles. The summed E-state index contributed by atoms with van der Waals surface area (Å²) in [6.07, 6.45) is -8.81. The van der Waals surface area contributed by atoms with E-state index in [-0.39, 0.29) is 23.8 Å². The summed E-state index contributed by atoms with van der Waals surface area (Å²) in [6, 6.07) is 5.37. The Balaban J connectivity index is 2.13. The SMILES string of the molecule is Cc1nc(NCc2ccccc2OC(F)(F)F)ncc1C(F)(F)F. The molecule has 1 N–H and O–H groups in total. The van der Waals surface area contributed by atoms with Crippen molar-refractivity contribution in [1.82, 2.24) is 9.97 Å². The highest BCUT2D eigenvalue weighted by molar-refractivity contribution is 5.38. The maximum Gasteiger partial charge on any atom is 0.573 e. The van der Waals surface area contributed by atoms with E-state index in [1.54, 1.807) is 0 Å². The third kappa shape index (κ3) is 4.74. The lowest BCUT2D eigenvalue weighted by molar-refractivity contribution is -0.274. The molecule has 2 rings (SSSR count). The van der Waals surface area contributed by atoms with E-state index < -0.39 is 23.9 Å². The molecular formula is C14H11F6N3O. The average Bonchev–Trinajstić information content (AvgIpc) is 2.43. The number of hydrogen-bond donors (Lipinski definition) is 1. The second-order valence-electron chi connectivity index (χ2n) is 4.70. The number of nitrogens with zero attached hydrogens (tertiary/aromatic N) is 2. The van der Waals surface area contributed by atoms with Crippen LogP contribution < -0.4 is 10.1 Å². The van der Waals surface area contributed by atoms with Gasteiger partial charge in [-0.15, -0.1) is 13.2 Å². The third-order valence-electron chi connectivity index (χ3n) is 2.92. The molecule has 0 bridgehead atoms. The van der Waals surface area contributed by atoms with E-state index in [4.69, 9.17) is 0 Å². The van der Waals surface area contributed by atoms with Crippen molar-refractivity contribution in [3.05, 3.63) is 47.3 Å². The molecule has 0 fully saturated rings. The molecule has 1 aromatic carbocycles. The molecule has 2 aromatic rings. The standard InChI is InChI=1S/C14H11F6N3O/c1-8-10(13(15,16)17)7-22-12(23-8)21-6-9-4-2-3-5-11(9)24-14(18,19)20/h2-5,7H,6H2,1H3,(H,21,22,23). The van der Waals surface area contributed by atoms with Gasteiger partial charge in [0.25, 0.3) is 0 Å². The molecule has 1 heterocycles. The minimum Gasteiger partial charge on any atom is -0.405 e. The Morgan fingerprint density at radius 2 is 1.75 bits per heavy atom. The van der Waals surface area contributed by atoms with Gasteiger partial charge in [-0.25, -0.2) is 9.97 Å². The van der Waals surface area contributed by atoms with E-state index in [9.17, 15) is 26.3 Å². The smallest absolute Gasteiger partial charge is 0.405 e. The maximum atomic E-state index is 12.6. The first-order chi connectivity index (χ1) is 11.1. The van der Waals surface area contributed by atoms with Gasteiger partial charge >= 0.3 is 12.5 Å². The zero-order valence-electron chi connectivity index (χ0n) is 12.2. The normalized spacial score (nSPS) is 12.1. The number of ether oxygens (including phenoxy) is 1. The van der Waals surface area contributed by atoms with Crippen molar-refractivity contribution in [3.8, 4) is 5.75 Å². The number of benzene rings is 1. The molecular weight excluding hydrogens is 340 g/mol. The quantitative estimate of drug-likeness (QED) is 0.834. The van der Waals surface area contributed by atoms with Crippen LogP contribution in [0.4, 0.5) is 32.3 Å². The van der Waals surface area contributed by atoms with E-state index in [2.05, 4.69) is 20.0 Å². The molecule has 0 atom stereocenters. The van der Waals surface area contributed by atoms with Gasteiger partial charge in [-0.3, -0.25) is 0 Å². The first kappa shape index (κ1) is 17.8. The van der Waals surface area contributed by atoms with Crippen molar-refractivity contribution in [2.24, 2.45) is 0 Å². The number of halogens is 6. The molecule has 10 heteroatoms. The minimum absolute atomic E-state index is 0.137. The number of anilines is 1. The van der Waals surface area contributed by atoms with E-state index in [1.165, 1.54) is 18.2 Å². The Labute approximate surface area is 132 Å². The topological polar surface area (TPSA) is 47.0 Å². The Morgan fingerprint density at radius 1 is 1.08 bits per heavy atom. The molecule has 0 amide bonds. The van der Waals surface area contributed by atoms with Crippen molar-refractivity contribution in [2.45, 2.75) is 26.0 Å². The van der Waals surface area contributed by atoms with Gasteiger partial charge in [0.1, 0.15) is 5.75 Å². The molecule has 0 unspecified atom stereocenters. The summed E-state index contributed by atoms with van der Waals surface area (Å²) in [5, 5.41) is 2.57. The molecule has 4 nitrogen and oxygen atoms in total. The summed E-state index contributed by atoms with van der Waals surface area (Å²) in [5.41, 5.74) is -1.12. The molecule has 0 aliphatic rings. The molecule has 0 radical (unpaired) electrons. The van der Waals surface area contributed by atoms with Crippen LogP contribution in [-0.2, 0) is 12.7 Å². The lowest BCUT2D eigenvalue weighted by Gasteiger charge is -2.14. The summed E-state index contributed by atoms with van der Waals surface area (Å²) in [4.78, 5) is 7.17. The van der Waals surface area contributed by atoms with Gasteiger partial charge in [0, 0.05) is 18.3 Å². The van der Waals surface area contributed by atoms with Crippen LogP contribution in [0.15, 0.2) is 30.5 Å². The van der Waals surface area contributed by atoms with E-state index in [0.29, 0.717) is 6.20 Å². The lowest BCUT2D eigenvalue weighted by atomic mass is 10.2. The summed E-state index contributed by atoms with van der Waals surface area (Å²) in [5.74, 6) is -0.552.